The maximum absolute atomic E-state index is 11.8. The summed E-state index contributed by atoms with van der Waals surface area (Å²) in [6.07, 6.45) is 1.36. The van der Waals surface area contributed by atoms with E-state index in [1.54, 1.807) is 12.1 Å². The molecule has 0 atom stereocenters. The van der Waals surface area contributed by atoms with Gasteiger partial charge in [-0.25, -0.2) is 4.72 Å². The maximum Gasteiger partial charge on any atom is 0.323 e. The standard InChI is InChI=1S/C11H13N3O3S/c1-8-3-4-10(7-9(8)2)13-18(15,16)14-11-5-6-12-17-11/h3-7,13-14H,1-2H3. The van der Waals surface area contributed by atoms with Crippen molar-refractivity contribution in [3.05, 3.63) is 41.6 Å². The van der Waals surface area contributed by atoms with Gasteiger partial charge >= 0.3 is 10.2 Å². The average molecular weight is 267 g/mol. The van der Waals surface area contributed by atoms with E-state index in [0.29, 0.717) is 5.69 Å². The van der Waals surface area contributed by atoms with Crippen molar-refractivity contribution in [3.8, 4) is 0 Å². The number of nitrogens with one attached hydrogen (secondary N) is 2. The first-order valence-electron chi connectivity index (χ1n) is 5.25. The van der Waals surface area contributed by atoms with Gasteiger partial charge in [-0.15, -0.1) is 0 Å². The minimum Gasteiger partial charge on any atom is -0.338 e. The van der Waals surface area contributed by atoms with Crippen LogP contribution < -0.4 is 9.44 Å². The van der Waals surface area contributed by atoms with Crippen molar-refractivity contribution < 1.29 is 12.9 Å². The lowest BCUT2D eigenvalue weighted by atomic mass is 10.1. The fourth-order valence-corrected chi connectivity index (χ4v) is 2.24. The lowest BCUT2D eigenvalue weighted by Gasteiger charge is -2.09. The molecule has 18 heavy (non-hydrogen) atoms. The van der Waals surface area contributed by atoms with Crippen molar-refractivity contribution in [2.45, 2.75) is 13.8 Å². The number of anilines is 2. The van der Waals surface area contributed by atoms with Gasteiger partial charge in [-0.2, -0.15) is 8.42 Å². The van der Waals surface area contributed by atoms with Crippen LogP contribution in [0.4, 0.5) is 11.6 Å². The number of hydrogen-bond acceptors (Lipinski definition) is 4. The molecule has 0 aliphatic carbocycles. The highest BCUT2D eigenvalue weighted by molar-refractivity contribution is 7.94. The molecule has 0 aliphatic rings. The van der Waals surface area contributed by atoms with E-state index < -0.39 is 10.2 Å². The van der Waals surface area contributed by atoms with Gasteiger partial charge in [-0.05, 0) is 37.1 Å². The Balaban J connectivity index is 2.14. The highest BCUT2D eigenvalue weighted by Gasteiger charge is 2.12. The van der Waals surface area contributed by atoms with Crippen LogP contribution in [0.2, 0.25) is 0 Å². The highest BCUT2D eigenvalue weighted by atomic mass is 32.2. The van der Waals surface area contributed by atoms with E-state index in [9.17, 15) is 8.42 Å². The summed E-state index contributed by atoms with van der Waals surface area (Å²) in [5.41, 5.74) is 2.60. The predicted octanol–water partition coefficient (Wildman–Crippen LogP) is 2.06. The quantitative estimate of drug-likeness (QED) is 0.888. The van der Waals surface area contributed by atoms with Crippen LogP contribution >= 0.6 is 0 Å². The highest BCUT2D eigenvalue weighted by Crippen LogP contribution is 2.16. The number of nitrogens with zero attached hydrogens (tertiary/aromatic N) is 1. The second-order valence-corrected chi connectivity index (χ2v) is 5.30. The Morgan fingerprint density at radius 2 is 1.89 bits per heavy atom. The molecule has 2 rings (SSSR count). The van der Waals surface area contributed by atoms with Crippen molar-refractivity contribution in [1.82, 2.24) is 5.16 Å². The van der Waals surface area contributed by atoms with Crippen LogP contribution in [0.25, 0.3) is 0 Å². The smallest absolute Gasteiger partial charge is 0.323 e. The molecule has 0 saturated heterocycles. The molecule has 1 aromatic carbocycles. The van der Waals surface area contributed by atoms with E-state index >= 15 is 0 Å². The molecule has 0 saturated carbocycles. The zero-order valence-electron chi connectivity index (χ0n) is 9.97. The number of aromatic nitrogens is 1. The van der Waals surface area contributed by atoms with Crippen molar-refractivity contribution >= 4 is 21.8 Å². The SMILES string of the molecule is Cc1ccc(NS(=O)(=O)Nc2ccno2)cc1C. The van der Waals surface area contributed by atoms with Crippen molar-refractivity contribution in [2.24, 2.45) is 0 Å². The van der Waals surface area contributed by atoms with Gasteiger partial charge in [0.25, 0.3) is 0 Å². The van der Waals surface area contributed by atoms with Crippen molar-refractivity contribution in [3.63, 3.8) is 0 Å². The Bertz CT molecular complexity index is 636. The maximum atomic E-state index is 11.8. The summed E-state index contributed by atoms with van der Waals surface area (Å²) in [5, 5.41) is 3.41. The van der Waals surface area contributed by atoms with Crippen molar-refractivity contribution in [2.75, 3.05) is 9.44 Å². The first-order chi connectivity index (χ1) is 8.46. The van der Waals surface area contributed by atoms with Crippen LogP contribution in [0, 0.1) is 13.8 Å². The van der Waals surface area contributed by atoms with Gasteiger partial charge in [0, 0.05) is 6.07 Å². The molecule has 0 aliphatic heterocycles. The third kappa shape index (κ3) is 3.01. The molecular formula is C11H13N3O3S. The summed E-state index contributed by atoms with van der Waals surface area (Å²) in [4.78, 5) is 0. The molecule has 0 spiro atoms. The van der Waals surface area contributed by atoms with Crippen LogP contribution in [0.5, 0.6) is 0 Å². The molecule has 0 radical (unpaired) electrons. The van der Waals surface area contributed by atoms with Crippen LogP contribution in [-0.4, -0.2) is 13.6 Å². The topological polar surface area (TPSA) is 84.2 Å². The molecule has 0 bridgehead atoms. The molecule has 1 heterocycles. The number of benzene rings is 1. The second kappa shape index (κ2) is 4.69. The van der Waals surface area contributed by atoms with Gasteiger partial charge in [0.05, 0.1) is 11.9 Å². The zero-order valence-corrected chi connectivity index (χ0v) is 10.8. The van der Waals surface area contributed by atoms with E-state index in [0.717, 1.165) is 11.1 Å². The summed E-state index contributed by atoms with van der Waals surface area (Å²) >= 11 is 0. The molecule has 2 aromatic rings. The van der Waals surface area contributed by atoms with Crippen LogP contribution in [0.1, 0.15) is 11.1 Å². The molecule has 0 fully saturated rings. The number of aryl methyl sites for hydroxylation is 2. The predicted molar refractivity (Wildman–Crippen MR) is 68.6 cm³/mol. The lowest BCUT2D eigenvalue weighted by molar-refractivity contribution is 0.435. The minimum absolute atomic E-state index is 0.0614. The molecule has 0 amide bonds. The summed E-state index contributed by atoms with van der Waals surface area (Å²) in [6, 6.07) is 6.72. The lowest BCUT2D eigenvalue weighted by Crippen LogP contribution is -2.21. The monoisotopic (exact) mass is 267 g/mol. The summed E-state index contributed by atoms with van der Waals surface area (Å²) < 4.78 is 32.8. The first-order valence-corrected chi connectivity index (χ1v) is 6.73. The Morgan fingerprint density at radius 3 is 2.50 bits per heavy atom. The largest absolute Gasteiger partial charge is 0.338 e. The van der Waals surface area contributed by atoms with E-state index in [2.05, 4.69) is 19.1 Å². The minimum atomic E-state index is -3.72. The Kier molecular flexibility index (Phi) is 3.24. The van der Waals surface area contributed by atoms with E-state index in [1.807, 2.05) is 19.9 Å². The molecule has 96 valence electrons. The van der Waals surface area contributed by atoms with Crippen LogP contribution in [0.15, 0.2) is 35.0 Å². The van der Waals surface area contributed by atoms with Crippen molar-refractivity contribution in [1.29, 1.82) is 0 Å². The van der Waals surface area contributed by atoms with Gasteiger partial charge in [-0.1, -0.05) is 11.2 Å². The van der Waals surface area contributed by atoms with Gasteiger partial charge in [-0.3, -0.25) is 4.72 Å². The molecule has 1 aromatic heterocycles. The second-order valence-electron chi connectivity index (χ2n) is 3.88. The fraction of sp³-hybridized carbons (Fsp3) is 0.182. The summed E-state index contributed by atoms with van der Waals surface area (Å²) in [5.74, 6) is 0.0614. The average Bonchev–Trinajstić information content (AvgIpc) is 2.75. The molecule has 7 heteroatoms. The van der Waals surface area contributed by atoms with Crippen LogP contribution in [-0.2, 0) is 10.2 Å². The van der Waals surface area contributed by atoms with Crippen LogP contribution in [0.3, 0.4) is 0 Å². The Morgan fingerprint density at radius 1 is 1.11 bits per heavy atom. The number of rotatable bonds is 4. The molecule has 2 N–H and O–H groups in total. The molecule has 0 unspecified atom stereocenters. The molecular weight excluding hydrogens is 254 g/mol. The summed E-state index contributed by atoms with van der Waals surface area (Å²) in [7, 11) is -3.72. The van der Waals surface area contributed by atoms with E-state index in [-0.39, 0.29) is 5.88 Å². The third-order valence-electron chi connectivity index (χ3n) is 2.43. The summed E-state index contributed by atoms with van der Waals surface area (Å²) in [6.45, 7) is 3.87. The van der Waals surface area contributed by atoms with Gasteiger partial charge in [0.2, 0.25) is 5.88 Å². The fourth-order valence-electron chi connectivity index (χ4n) is 1.39. The Labute approximate surface area is 105 Å². The van der Waals surface area contributed by atoms with Gasteiger partial charge in [0.1, 0.15) is 0 Å². The normalized spacial score (nSPS) is 11.2. The zero-order chi connectivity index (χ0) is 13.2. The van der Waals surface area contributed by atoms with E-state index in [1.165, 1.54) is 12.3 Å². The Hall–Kier alpha value is -2.02. The van der Waals surface area contributed by atoms with Gasteiger partial charge in [0.15, 0.2) is 0 Å². The third-order valence-corrected chi connectivity index (χ3v) is 3.41. The molecule has 6 nitrogen and oxygen atoms in total. The van der Waals surface area contributed by atoms with Gasteiger partial charge < -0.3 is 4.52 Å². The van der Waals surface area contributed by atoms with E-state index in [4.69, 9.17) is 0 Å². The first kappa shape index (κ1) is 12.4. The number of hydrogen-bond donors (Lipinski definition) is 2.